The van der Waals surface area contributed by atoms with E-state index in [0.717, 1.165) is 0 Å². The van der Waals surface area contributed by atoms with Crippen molar-refractivity contribution >= 4 is 13.7 Å². The first kappa shape index (κ1) is 25.6. The number of carbonyl (C=O) groups excluding carboxylic acids is 1. The summed E-state index contributed by atoms with van der Waals surface area (Å²) in [6.45, 7) is 5.91. The van der Waals surface area contributed by atoms with E-state index in [0.29, 0.717) is 6.42 Å². The first-order valence-electron chi connectivity index (χ1n) is 8.79. The monoisotopic (exact) mass is 457 g/mol. The smallest absolute Gasteiger partial charge is 0.465 e. The van der Waals surface area contributed by atoms with Crippen molar-refractivity contribution < 1.29 is 45.1 Å². The predicted octanol–water partition coefficient (Wildman–Crippen LogP) is 5.30. The third-order valence-corrected chi connectivity index (χ3v) is 4.91. The first-order chi connectivity index (χ1) is 14.0. The van der Waals surface area contributed by atoms with E-state index in [1.165, 1.54) is 32.1 Å². The van der Waals surface area contributed by atoms with Crippen LogP contribution in [0.4, 0.5) is 22.0 Å². The molecule has 1 aromatic carbocycles. The fraction of sp³-hybridized carbons (Fsp3) is 0.389. The molecule has 0 amide bonds. The van der Waals surface area contributed by atoms with Crippen molar-refractivity contribution in [3.05, 3.63) is 53.1 Å². The van der Waals surface area contributed by atoms with Gasteiger partial charge in [0.05, 0.1) is 6.61 Å². The number of carbonyl (C=O) groups is 1. The molecule has 0 saturated carbocycles. The Morgan fingerprint density at radius 1 is 1.07 bits per heavy atom. The molecule has 0 aliphatic heterocycles. The number of esters is 1. The van der Waals surface area contributed by atoms with Gasteiger partial charge in [0.25, 0.3) is 0 Å². The van der Waals surface area contributed by atoms with Gasteiger partial charge in [-0.3, -0.25) is 4.79 Å². The molecule has 0 saturated heterocycles. The van der Waals surface area contributed by atoms with E-state index in [-0.39, 0.29) is 12.4 Å². The van der Waals surface area contributed by atoms with E-state index in [1.54, 1.807) is 13.8 Å². The highest BCUT2D eigenvalue weighted by Gasteiger charge is 2.38. The number of ether oxygens (including phenoxy) is 1. The summed E-state index contributed by atoms with van der Waals surface area (Å²) >= 11 is 0. The van der Waals surface area contributed by atoms with E-state index in [9.17, 15) is 31.3 Å². The van der Waals surface area contributed by atoms with Gasteiger partial charge in [0.15, 0.2) is 0 Å². The Balaban J connectivity index is 3.46. The van der Waals surface area contributed by atoms with Crippen LogP contribution >= 0.6 is 7.75 Å². The number of rotatable bonds is 10. The molecule has 1 N–H and O–H groups in total. The third-order valence-electron chi connectivity index (χ3n) is 3.33. The van der Waals surface area contributed by atoms with Crippen molar-refractivity contribution in [1.29, 1.82) is 0 Å². The number of hydrogen-bond acceptors (Lipinski definition) is 5. The van der Waals surface area contributed by atoms with Crippen molar-refractivity contribution in [3.8, 4) is 5.75 Å². The number of halogens is 5. The van der Waals surface area contributed by atoms with E-state index < -0.39 is 54.6 Å². The van der Waals surface area contributed by atoms with Crippen LogP contribution in [-0.2, 0) is 18.6 Å². The van der Waals surface area contributed by atoms with Crippen molar-refractivity contribution in [2.75, 3.05) is 6.61 Å². The van der Waals surface area contributed by atoms with Gasteiger partial charge in [0.1, 0.15) is 11.8 Å². The normalized spacial score (nSPS) is 15.0. The Hall–Kier alpha value is -2.39. The molecule has 0 aliphatic rings. The molecule has 0 heterocycles. The van der Waals surface area contributed by atoms with Crippen LogP contribution in [0.2, 0.25) is 0 Å². The molecule has 1 aromatic rings. The van der Waals surface area contributed by atoms with Crippen molar-refractivity contribution in [1.82, 2.24) is 5.09 Å². The Bertz CT molecular complexity index is 861. The predicted molar refractivity (Wildman–Crippen MR) is 98.0 cm³/mol. The second-order valence-corrected chi connectivity index (χ2v) is 7.31. The summed E-state index contributed by atoms with van der Waals surface area (Å²) < 4.78 is 95.9. The molecule has 0 radical (unpaired) electrons. The number of hydrogen-bond donors (Lipinski definition) is 1. The maximum absolute atomic E-state index is 14.0. The molecular weight excluding hydrogens is 436 g/mol. The Kier molecular flexibility index (Phi) is 9.51. The lowest BCUT2D eigenvalue weighted by atomic mass is 10.3. The highest BCUT2D eigenvalue weighted by molar-refractivity contribution is 7.52. The van der Waals surface area contributed by atoms with Crippen LogP contribution in [0.15, 0.2) is 24.0 Å². The Labute approximate surface area is 170 Å². The van der Waals surface area contributed by atoms with Crippen LogP contribution < -0.4 is 9.61 Å². The lowest BCUT2D eigenvalue weighted by molar-refractivity contribution is -0.144. The van der Waals surface area contributed by atoms with Gasteiger partial charge in [0.2, 0.25) is 34.8 Å². The minimum atomic E-state index is -4.91. The average Bonchev–Trinajstić information content (AvgIpc) is 2.68. The lowest BCUT2D eigenvalue weighted by Crippen LogP contribution is -2.35. The maximum Gasteiger partial charge on any atom is 0.513 e. The summed E-state index contributed by atoms with van der Waals surface area (Å²) in [4.78, 5) is 11.8. The van der Waals surface area contributed by atoms with Gasteiger partial charge in [-0.2, -0.15) is 13.9 Å². The molecule has 1 rings (SSSR count). The van der Waals surface area contributed by atoms with Crippen LogP contribution in [0.1, 0.15) is 34.1 Å². The molecule has 12 heteroatoms. The van der Waals surface area contributed by atoms with Crippen LogP contribution in [0, 0.1) is 29.1 Å². The molecule has 2 atom stereocenters. The molecular formula is C18H21F5NO5P. The van der Waals surface area contributed by atoms with Gasteiger partial charge in [-0.1, -0.05) is 13.0 Å². The first-order valence-corrected chi connectivity index (χ1v) is 10.3. The lowest BCUT2D eigenvalue weighted by Gasteiger charge is -2.24. The molecule has 30 heavy (non-hydrogen) atoms. The van der Waals surface area contributed by atoms with Crippen LogP contribution in [0.3, 0.4) is 0 Å². The summed E-state index contributed by atoms with van der Waals surface area (Å²) in [5.74, 6) is -14.6. The molecule has 0 aromatic heterocycles. The molecule has 0 fully saturated rings. The van der Waals surface area contributed by atoms with Crippen molar-refractivity contribution in [3.63, 3.8) is 0 Å². The fourth-order valence-electron chi connectivity index (χ4n) is 2.05. The maximum atomic E-state index is 14.0. The van der Waals surface area contributed by atoms with Gasteiger partial charge in [-0.15, -0.1) is 0 Å². The van der Waals surface area contributed by atoms with Gasteiger partial charge in [0, 0.05) is 0 Å². The topological polar surface area (TPSA) is 73.9 Å². The second kappa shape index (κ2) is 11.1. The van der Waals surface area contributed by atoms with E-state index in [2.05, 4.69) is 9.61 Å². The van der Waals surface area contributed by atoms with Crippen LogP contribution in [0.25, 0.3) is 0 Å². The molecule has 0 spiro atoms. The SMILES string of the molecule is C/C=C\C(=C/CC)OP(=O)(N[C@@H](C)C(=O)OCC)Oc1c(F)c(F)c(F)c(F)c1F. The number of nitrogens with one attached hydrogen (secondary N) is 1. The highest BCUT2D eigenvalue weighted by atomic mass is 31.2. The minimum absolute atomic E-state index is 0.0337. The van der Waals surface area contributed by atoms with E-state index in [4.69, 9.17) is 9.26 Å². The molecule has 0 aliphatic carbocycles. The standard InChI is InChI=1S/C18H21F5NO5P/c1-5-8-11(9-6-2)28-30(26,24-10(4)18(25)27-7-3)29-17-15(22)13(20)12(19)14(21)16(17)23/h5,8-10H,6-7H2,1-4H3,(H,24,26)/b8-5-,11-9+/t10-,30?/m0/s1. The summed E-state index contributed by atoms with van der Waals surface area (Å²) in [6.07, 6.45) is 4.56. The van der Waals surface area contributed by atoms with Gasteiger partial charge in [-0.05, 0) is 39.3 Å². The third kappa shape index (κ3) is 6.30. The van der Waals surface area contributed by atoms with Gasteiger partial charge >= 0.3 is 13.7 Å². The zero-order chi connectivity index (χ0) is 23.1. The summed E-state index contributed by atoms with van der Waals surface area (Å²) in [5.41, 5.74) is 0. The summed E-state index contributed by atoms with van der Waals surface area (Å²) in [5, 5.41) is 2.07. The Morgan fingerprint density at radius 3 is 2.07 bits per heavy atom. The summed E-state index contributed by atoms with van der Waals surface area (Å²) in [7, 11) is -4.91. The van der Waals surface area contributed by atoms with E-state index >= 15 is 0 Å². The second-order valence-electron chi connectivity index (χ2n) is 5.70. The fourth-order valence-corrected chi connectivity index (χ4v) is 3.59. The zero-order valence-corrected chi connectivity index (χ0v) is 17.5. The number of allylic oxidation sites excluding steroid dienone is 3. The minimum Gasteiger partial charge on any atom is -0.465 e. The van der Waals surface area contributed by atoms with Crippen molar-refractivity contribution in [2.45, 2.75) is 40.2 Å². The van der Waals surface area contributed by atoms with Gasteiger partial charge in [-0.25, -0.2) is 17.7 Å². The van der Waals surface area contributed by atoms with E-state index in [1.807, 2.05) is 0 Å². The molecule has 0 bridgehead atoms. The zero-order valence-electron chi connectivity index (χ0n) is 16.6. The van der Waals surface area contributed by atoms with Gasteiger partial charge < -0.3 is 13.8 Å². The number of benzene rings is 1. The summed E-state index contributed by atoms with van der Waals surface area (Å²) in [6, 6.07) is -1.38. The Morgan fingerprint density at radius 2 is 1.60 bits per heavy atom. The average molecular weight is 457 g/mol. The van der Waals surface area contributed by atoms with Crippen LogP contribution in [-0.4, -0.2) is 18.6 Å². The largest absolute Gasteiger partial charge is 0.513 e. The molecule has 1 unspecified atom stereocenters. The molecule has 6 nitrogen and oxygen atoms in total. The molecule has 168 valence electrons. The quantitative estimate of drug-likeness (QED) is 0.0978. The van der Waals surface area contributed by atoms with Crippen LogP contribution in [0.5, 0.6) is 5.75 Å². The van der Waals surface area contributed by atoms with Crippen molar-refractivity contribution in [2.24, 2.45) is 0 Å². The highest BCUT2D eigenvalue weighted by Crippen LogP contribution is 2.49.